The maximum absolute atomic E-state index is 10.5. The Morgan fingerprint density at radius 2 is 2.88 bits per heavy atom. The molecule has 0 aromatic heterocycles. The second kappa shape index (κ2) is 4.08. The fourth-order valence-corrected chi connectivity index (χ4v) is 0.574. The number of ether oxygens (including phenoxy) is 1. The molecule has 8 heavy (non-hydrogen) atoms. The molecule has 0 saturated heterocycles. The Balaban J connectivity index is 3.45. The number of esters is 1. The van der Waals surface area contributed by atoms with Crippen molar-refractivity contribution >= 4 is 5.97 Å². The van der Waals surface area contributed by atoms with Gasteiger partial charge < -0.3 is 0 Å². The summed E-state index contributed by atoms with van der Waals surface area (Å²) in [6, 6.07) is -0.569. The van der Waals surface area contributed by atoms with Gasteiger partial charge in [-0.2, -0.15) is 0 Å². The zero-order chi connectivity index (χ0) is 7.28. The van der Waals surface area contributed by atoms with Crippen LogP contribution in [0.25, 0.3) is 0 Å². The molecule has 0 rings (SSSR count). The zero-order valence-electron chi connectivity index (χ0n) is 5.56. The van der Waals surface area contributed by atoms with Gasteiger partial charge >= 0.3 is 61.8 Å². The van der Waals surface area contributed by atoms with Crippen LogP contribution in [0.3, 0.4) is 0 Å². The van der Waals surface area contributed by atoms with E-state index in [1.807, 2.05) is 0 Å². The average molecular weight is 231 g/mol. The molecule has 0 radical (unpaired) electrons. The number of hydrogen-bond donors (Lipinski definition) is 1. The molecule has 1 atom stereocenters. The van der Waals surface area contributed by atoms with E-state index >= 15 is 0 Å². The molecule has 50 valence electrons. The summed E-state index contributed by atoms with van der Waals surface area (Å²) < 4.78 is 11.6. The Labute approximate surface area is 62.2 Å². The standard InChI is InChI=1S/C4H9INO2/c1-8-4(7)3(6)2-5/h3,5H,2,6H2,1H3/q-1/t3-/m0/s1/i5D. The van der Waals surface area contributed by atoms with Crippen molar-refractivity contribution in [3.8, 4) is 0 Å². The number of methoxy groups -OCH3 is 1. The van der Waals surface area contributed by atoms with E-state index in [-0.39, 0.29) is 0 Å². The van der Waals surface area contributed by atoms with Crippen molar-refractivity contribution in [3.05, 3.63) is 0 Å². The summed E-state index contributed by atoms with van der Waals surface area (Å²) >= 11 is -0.648. The Hall–Kier alpha value is 0.160. The molecule has 0 bridgehead atoms. The Morgan fingerprint density at radius 3 is 3.25 bits per heavy atom. The summed E-state index contributed by atoms with van der Waals surface area (Å²) in [4.78, 5) is 10.5. The van der Waals surface area contributed by atoms with E-state index in [0.29, 0.717) is 4.43 Å². The van der Waals surface area contributed by atoms with Gasteiger partial charge in [0.1, 0.15) is 0 Å². The summed E-state index contributed by atoms with van der Waals surface area (Å²) in [5.74, 6) is -0.415. The van der Waals surface area contributed by atoms with Crippen molar-refractivity contribution < 1.29 is 31.9 Å². The minimum absolute atomic E-state index is 0.415. The molecule has 0 saturated carbocycles. The summed E-state index contributed by atoms with van der Waals surface area (Å²) in [5, 5.41) is 0. The number of hydrogen-bond acceptors (Lipinski definition) is 3. The predicted molar refractivity (Wildman–Crippen MR) is 26.3 cm³/mol. The van der Waals surface area contributed by atoms with E-state index in [2.05, 4.69) is 4.74 Å². The molecule has 0 aromatic carbocycles. The third kappa shape index (κ3) is 2.46. The van der Waals surface area contributed by atoms with Crippen LogP contribution in [0.5, 0.6) is 0 Å². The fraction of sp³-hybridized carbons (Fsp3) is 0.750. The normalized spacial score (nSPS) is 15.0. The molecule has 0 amide bonds. The van der Waals surface area contributed by atoms with Crippen molar-refractivity contribution in [2.75, 3.05) is 11.5 Å². The van der Waals surface area contributed by atoms with Gasteiger partial charge in [0.2, 0.25) is 0 Å². The van der Waals surface area contributed by atoms with Gasteiger partial charge in [0.05, 0.1) is 0 Å². The van der Waals surface area contributed by atoms with Crippen LogP contribution in [0.1, 0.15) is 0 Å². The quantitative estimate of drug-likeness (QED) is 0.304. The SMILES string of the molecule is [2H][I-]C[C@H](N)C(=O)OC. The number of carbonyl (C=O) groups excluding carboxylic acids is 1. The summed E-state index contributed by atoms with van der Waals surface area (Å²) in [7, 11) is 1.30. The van der Waals surface area contributed by atoms with E-state index in [9.17, 15) is 4.79 Å². The van der Waals surface area contributed by atoms with Crippen LogP contribution >= 0.6 is 0 Å². The molecular weight excluding hydrogens is 221 g/mol. The van der Waals surface area contributed by atoms with E-state index in [1.165, 1.54) is 7.11 Å². The topological polar surface area (TPSA) is 52.3 Å². The van der Waals surface area contributed by atoms with Gasteiger partial charge in [0.25, 0.3) is 0 Å². The summed E-state index contributed by atoms with van der Waals surface area (Å²) in [5.41, 5.74) is 5.27. The fourth-order valence-electron chi connectivity index (χ4n) is 0.214. The van der Waals surface area contributed by atoms with Crippen molar-refractivity contribution in [1.82, 2.24) is 0 Å². The zero-order valence-corrected chi connectivity index (χ0v) is 6.71. The third-order valence-corrected chi connectivity index (χ3v) is 1.62. The first kappa shape index (κ1) is 6.28. The number of rotatable bonds is 3. The summed E-state index contributed by atoms with van der Waals surface area (Å²) in [6.45, 7) is 0. The molecule has 0 unspecified atom stereocenters. The molecule has 0 aliphatic rings. The maximum atomic E-state index is 10.5. The first-order chi connectivity index (χ1) is 4.22. The molecular formula is C4H9INO2-. The first-order valence-corrected chi connectivity index (χ1v) is 3.64. The first-order valence-electron chi connectivity index (χ1n) is 2.49. The Morgan fingerprint density at radius 1 is 2.25 bits per heavy atom. The van der Waals surface area contributed by atoms with Crippen molar-refractivity contribution in [2.24, 2.45) is 5.73 Å². The van der Waals surface area contributed by atoms with Crippen LogP contribution in [-0.4, -0.2) is 24.1 Å². The third-order valence-electron chi connectivity index (χ3n) is 0.670. The molecule has 0 spiro atoms. The van der Waals surface area contributed by atoms with E-state index in [1.54, 1.807) is 0 Å². The second-order valence-corrected chi connectivity index (χ2v) is 2.16. The average Bonchev–Trinajstić information content (AvgIpc) is 1.87. The van der Waals surface area contributed by atoms with Gasteiger partial charge in [-0.15, -0.1) is 0 Å². The van der Waals surface area contributed by atoms with E-state index in [0.717, 1.165) is 0 Å². The molecule has 0 aliphatic heterocycles. The van der Waals surface area contributed by atoms with Gasteiger partial charge in [0, 0.05) is 0 Å². The minimum atomic E-state index is -0.648. The predicted octanol–water partition coefficient (Wildman–Crippen LogP) is -4.23. The number of alkyl halides is 1. The van der Waals surface area contributed by atoms with Crippen molar-refractivity contribution in [1.29, 1.82) is 0.594 Å². The molecule has 0 aliphatic carbocycles. The monoisotopic (exact) mass is 231 g/mol. The Bertz CT molecular complexity index is 101. The van der Waals surface area contributed by atoms with Crippen LogP contribution in [0.4, 0.5) is 0 Å². The van der Waals surface area contributed by atoms with Crippen LogP contribution in [0.2, 0.25) is 0 Å². The van der Waals surface area contributed by atoms with Crippen LogP contribution in [0.15, 0.2) is 0 Å². The van der Waals surface area contributed by atoms with Crippen molar-refractivity contribution in [2.45, 2.75) is 6.04 Å². The summed E-state index contributed by atoms with van der Waals surface area (Å²) in [6.07, 6.45) is 0. The van der Waals surface area contributed by atoms with E-state index in [4.69, 9.17) is 6.33 Å². The van der Waals surface area contributed by atoms with Gasteiger partial charge in [-0.05, 0) is 0 Å². The molecule has 0 fully saturated rings. The van der Waals surface area contributed by atoms with Crippen LogP contribution in [0, 0.1) is 0 Å². The second-order valence-electron chi connectivity index (χ2n) is 1.28. The number of halogens is 1. The van der Waals surface area contributed by atoms with Crippen LogP contribution < -0.4 is 28.1 Å². The van der Waals surface area contributed by atoms with Gasteiger partial charge in [-0.25, -0.2) is 0 Å². The van der Waals surface area contributed by atoms with Crippen molar-refractivity contribution in [3.63, 3.8) is 0 Å². The molecule has 3 nitrogen and oxygen atoms in total. The van der Waals surface area contributed by atoms with Gasteiger partial charge in [-0.1, -0.05) is 0 Å². The molecule has 0 heterocycles. The Kier molecular flexibility index (Phi) is 3.20. The number of carbonyl (C=O) groups is 1. The molecule has 2 N–H and O–H groups in total. The van der Waals surface area contributed by atoms with Gasteiger partial charge in [0.15, 0.2) is 0 Å². The van der Waals surface area contributed by atoms with Crippen LogP contribution in [-0.2, 0) is 9.53 Å². The molecule has 4 heteroatoms. The molecule has 0 aromatic rings. The van der Waals surface area contributed by atoms with E-state index < -0.39 is 34.4 Å². The van der Waals surface area contributed by atoms with Gasteiger partial charge in [-0.3, -0.25) is 0 Å². The number of nitrogens with two attached hydrogens (primary N) is 1.